The Labute approximate surface area is 155 Å². The highest BCUT2D eigenvalue weighted by atomic mass is 32.2. The summed E-state index contributed by atoms with van der Waals surface area (Å²) in [5.74, 6) is 1.19. The van der Waals surface area contributed by atoms with Gasteiger partial charge in [-0.25, -0.2) is 4.79 Å². The summed E-state index contributed by atoms with van der Waals surface area (Å²) in [6.45, 7) is 1.61. The summed E-state index contributed by atoms with van der Waals surface area (Å²) in [6.07, 6.45) is 8.12. The highest BCUT2D eigenvalue weighted by Crippen LogP contribution is 2.36. The van der Waals surface area contributed by atoms with Crippen molar-refractivity contribution in [2.75, 3.05) is 33.1 Å². The lowest BCUT2D eigenvalue weighted by Crippen LogP contribution is -2.37. The smallest absolute Gasteiger partial charge is 0.317 e. The van der Waals surface area contributed by atoms with E-state index in [0.717, 1.165) is 63.9 Å². The Balaban J connectivity index is 1.46. The molecule has 2 heterocycles. The summed E-state index contributed by atoms with van der Waals surface area (Å²) >= 11 is 1.96. The number of rotatable bonds is 12. The van der Waals surface area contributed by atoms with Gasteiger partial charge >= 0.3 is 6.03 Å². The fourth-order valence-electron chi connectivity index (χ4n) is 3.55. The van der Waals surface area contributed by atoms with E-state index >= 15 is 0 Å². The van der Waals surface area contributed by atoms with Gasteiger partial charge in [-0.15, -0.1) is 0 Å². The van der Waals surface area contributed by atoms with Crippen LogP contribution in [0.15, 0.2) is 0 Å². The van der Waals surface area contributed by atoms with E-state index in [2.05, 4.69) is 10.6 Å². The lowest BCUT2D eigenvalue weighted by Gasteiger charge is -2.17. The largest absolute Gasteiger partial charge is 0.385 e. The molecule has 3 atom stereocenters. The maximum Gasteiger partial charge on any atom is 0.317 e. The van der Waals surface area contributed by atoms with Crippen LogP contribution < -0.4 is 10.6 Å². The van der Waals surface area contributed by atoms with E-state index in [1.807, 2.05) is 23.7 Å². The number of hydrogen-bond donors (Lipinski definition) is 2. The Kier molecular flexibility index (Phi) is 8.89. The van der Waals surface area contributed by atoms with Gasteiger partial charge in [0.1, 0.15) is 0 Å². The second-order valence-corrected chi connectivity index (χ2v) is 8.30. The maximum atomic E-state index is 11.8. The van der Waals surface area contributed by atoms with Crippen molar-refractivity contribution in [1.29, 1.82) is 0 Å². The number of likely N-dealkylation sites (N-methyl/N-ethyl adjacent to an activating group) is 1. The molecular formula is C18H33N3O3S. The fourth-order valence-corrected chi connectivity index (χ4v) is 5.21. The van der Waals surface area contributed by atoms with Crippen molar-refractivity contribution in [3.63, 3.8) is 0 Å². The van der Waals surface area contributed by atoms with E-state index in [1.165, 1.54) is 0 Å². The molecule has 0 aromatic carbocycles. The second kappa shape index (κ2) is 10.9. The van der Waals surface area contributed by atoms with Crippen molar-refractivity contribution < 1.29 is 14.3 Å². The molecule has 7 heteroatoms. The van der Waals surface area contributed by atoms with Crippen LogP contribution in [0.2, 0.25) is 0 Å². The normalized spacial score (nSPS) is 25.1. The molecule has 2 fully saturated rings. The van der Waals surface area contributed by atoms with Gasteiger partial charge in [0.25, 0.3) is 0 Å². The Morgan fingerprint density at radius 2 is 2.08 bits per heavy atom. The zero-order chi connectivity index (χ0) is 18.1. The molecule has 2 aliphatic rings. The number of urea groups is 1. The summed E-state index contributed by atoms with van der Waals surface area (Å²) < 4.78 is 5.02. The molecule has 0 spiro atoms. The Morgan fingerprint density at radius 3 is 2.88 bits per heavy atom. The zero-order valence-corrected chi connectivity index (χ0v) is 16.4. The van der Waals surface area contributed by atoms with Crippen LogP contribution in [0.5, 0.6) is 0 Å². The van der Waals surface area contributed by atoms with Crippen LogP contribution in [-0.4, -0.2) is 67.2 Å². The van der Waals surface area contributed by atoms with Crippen molar-refractivity contribution >= 4 is 23.7 Å². The number of ether oxygens (including phenoxy) is 1. The van der Waals surface area contributed by atoms with Gasteiger partial charge in [-0.1, -0.05) is 19.3 Å². The minimum absolute atomic E-state index is 0.0573. The van der Waals surface area contributed by atoms with Crippen molar-refractivity contribution in [2.45, 2.75) is 68.7 Å². The number of methoxy groups -OCH3 is 1. The second-order valence-electron chi connectivity index (χ2n) is 7.03. The number of thioether (sulfide) groups is 1. The van der Waals surface area contributed by atoms with Crippen molar-refractivity contribution in [1.82, 2.24) is 15.5 Å². The highest BCUT2D eigenvalue weighted by Gasteiger charge is 2.46. The van der Waals surface area contributed by atoms with Gasteiger partial charge in [0.2, 0.25) is 5.91 Å². The minimum Gasteiger partial charge on any atom is -0.385 e. The fraction of sp³-hybridized carbons (Fsp3) is 0.889. The molecule has 3 unspecified atom stereocenters. The molecule has 2 N–H and O–H groups in total. The van der Waals surface area contributed by atoms with Crippen LogP contribution in [0, 0.1) is 0 Å². The van der Waals surface area contributed by atoms with Crippen molar-refractivity contribution in [2.24, 2.45) is 0 Å². The third-order valence-electron chi connectivity index (χ3n) is 5.14. The van der Waals surface area contributed by atoms with Gasteiger partial charge in [0.05, 0.1) is 12.1 Å². The average molecular weight is 372 g/mol. The monoisotopic (exact) mass is 371 g/mol. The maximum absolute atomic E-state index is 11.8. The number of nitrogens with one attached hydrogen (secondary N) is 2. The molecular weight excluding hydrogens is 338 g/mol. The quantitative estimate of drug-likeness (QED) is 0.408. The highest BCUT2D eigenvalue weighted by molar-refractivity contribution is 8.00. The molecule has 0 aromatic heterocycles. The lowest BCUT2D eigenvalue weighted by atomic mass is 10.0. The molecule has 0 aliphatic carbocycles. The molecule has 0 aromatic rings. The first-order valence-electron chi connectivity index (χ1n) is 9.54. The first-order valence-corrected chi connectivity index (χ1v) is 10.6. The molecule has 25 heavy (non-hydrogen) atoms. The van der Waals surface area contributed by atoms with Crippen LogP contribution in [-0.2, 0) is 9.53 Å². The summed E-state index contributed by atoms with van der Waals surface area (Å²) in [5, 5.41) is 6.60. The van der Waals surface area contributed by atoms with Gasteiger partial charge in [0, 0.05) is 44.7 Å². The SMILES string of the molecule is COCCCCCCNC(=O)CCCCC1SCC2C1NC(=O)N2C. The molecule has 2 rings (SSSR count). The van der Waals surface area contributed by atoms with E-state index in [-0.39, 0.29) is 18.0 Å². The van der Waals surface area contributed by atoms with E-state index in [0.29, 0.717) is 17.7 Å². The van der Waals surface area contributed by atoms with Crippen LogP contribution in [0.25, 0.3) is 0 Å². The van der Waals surface area contributed by atoms with Gasteiger partial charge in [-0.2, -0.15) is 11.8 Å². The van der Waals surface area contributed by atoms with Crippen LogP contribution in [0.1, 0.15) is 51.4 Å². The van der Waals surface area contributed by atoms with Gasteiger partial charge in [0.15, 0.2) is 0 Å². The summed E-state index contributed by atoms with van der Waals surface area (Å²) in [6, 6.07) is 0.686. The van der Waals surface area contributed by atoms with Crippen LogP contribution in [0.3, 0.4) is 0 Å². The summed E-state index contributed by atoms with van der Waals surface area (Å²) in [4.78, 5) is 25.4. The number of unbranched alkanes of at least 4 members (excludes halogenated alkanes) is 4. The predicted molar refractivity (Wildman–Crippen MR) is 102 cm³/mol. The molecule has 2 aliphatic heterocycles. The number of fused-ring (bicyclic) bond motifs is 1. The Bertz CT molecular complexity index is 436. The van der Waals surface area contributed by atoms with E-state index in [9.17, 15) is 9.59 Å². The van der Waals surface area contributed by atoms with Gasteiger partial charge < -0.3 is 20.3 Å². The topological polar surface area (TPSA) is 70.7 Å². The summed E-state index contributed by atoms with van der Waals surface area (Å²) in [7, 11) is 3.61. The minimum atomic E-state index is 0.0573. The first-order chi connectivity index (χ1) is 12.1. The molecule has 2 saturated heterocycles. The van der Waals surface area contributed by atoms with E-state index in [1.54, 1.807) is 7.11 Å². The van der Waals surface area contributed by atoms with Gasteiger partial charge in [-0.05, 0) is 25.7 Å². The van der Waals surface area contributed by atoms with Crippen molar-refractivity contribution in [3.8, 4) is 0 Å². The number of carbonyl (C=O) groups excluding carboxylic acids is 2. The Morgan fingerprint density at radius 1 is 1.28 bits per heavy atom. The first kappa shape index (κ1) is 20.4. The molecule has 0 radical (unpaired) electrons. The molecule has 6 nitrogen and oxygen atoms in total. The van der Waals surface area contributed by atoms with E-state index < -0.39 is 0 Å². The number of nitrogens with zero attached hydrogens (tertiary/aromatic N) is 1. The molecule has 3 amide bonds. The molecule has 144 valence electrons. The van der Waals surface area contributed by atoms with Crippen LogP contribution >= 0.6 is 11.8 Å². The standard InChI is InChI=1S/C18H33N3O3S/c1-21-14-13-25-15(17(14)20-18(21)23)9-5-6-10-16(22)19-11-7-3-4-8-12-24-2/h14-15,17H,3-13H2,1-2H3,(H,19,22)(H,20,23). The van der Waals surface area contributed by atoms with Crippen molar-refractivity contribution in [3.05, 3.63) is 0 Å². The predicted octanol–water partition coefficient (Wildman–Crippen LogP) is 2.38. The van der Waals surface area contributed by atoms with E-state index in [4.69, 9.17) is 4.74 Å². The average Bonchev–Trinajstić information content (AvgIpc) is 3.11. The molecule has 0 saturated carbocycles. The number of hydrogen-bond acceptors (Lipinski definition) is 4. The third-order valence-corrected chi connectivity index (χ3v) is 6.64. The number of carbonyl (C=O) groups is 2. The third kappa shape index (κ3) is 6.37. The van der Waals surface area contributed by atoms with Gasteiger partial charge in [-0.3, -0.25) is 4.79 Å². The van der Waals surface area contributed by atoms with Crippen LogP contribution in [0.4, 0.5) is 4.79 Å². The number of amides is 3. The Hall–Kier alpha value is -0.950. The zero-order valence-electron chi connectivity index (χ0n) is 15.6. The summed E-state index contributed by atoms with van der Waals surface area (Å²) in [5.41, 5.74) is 0. The lowest BCUT2D eigenvalue weighted by molar-refractivity contribution is -0.121. The molecule has 0 bridgehead atoms.